The van der Waals surface area contributed by atoms with Crippen molar-refractivity contribution in [2.45, 2.75) is 83.8 Å². The summed E-state index contributed by atoms with van der Waals surface area (Å²) in [5.41, 5.74) is 5.35. The number of amides is 2. The highest BCUT2D eigenvalue weighted by molar-refractivity contribution is 6.38. The summed E-state index contributed by atoms with van der Waals surface area (Å²) in [7, 11) is 3.18. The Balaban J connectivity index is 1.36. The van der Waals surface area contributed by atoms with Crippen molar-refractivity contribution < 1.29 is 42.9 Å². The molecule has 0 spiro atoms. The molecule has 1 fully saturated rings. The molecular formula is C52H61N3O9. The summed E-state index contributed by atoms with van der Waals surface area (Å²) < 4.78 is 21.9. The van der Waals surface area contributed by atoms with E-state index in [1.807, 2.05) is 36.4 Å². The van der Waals surface area contributed by atoms with Crippen LogP contribution in [0.2, 0.25) is 0 Å². The fourth-order valence-electron chi connectivity index (χ4n) is 8.76. The number of carbonyl (C=O) groups excluding carboxylic acids is 5. The van der Waals surface area contributed by atoms with E-state index >= 15 is 0 Å². The predicted molar refractivity (Wildman–Crippen MR) is 246 cm³/mol. The largest absolute Gasteiger partial charge is 0.493 e. The first-order chi connectivity index (χ1) is 30.5. The second kappa shape index (κ2) is 20.5. The van der Waals surface area contributed by atoms with Gasteiger partial charge in [0, 0.05) is 56.2 Å². The molecule has 2 aliphatic rings. The van der Waals surface area contributed by atoms with Gasteiger partial charge in [-0.15, -0.1) is 0 Å². The molecule has 0 bridgehead atoms. The van der Waals surface area contributed by atoms with Crippen molar-refractivity contribution in [1.29, 1.82) is 0 Å². The Kier molecular flexibility index (Phi) is 15.1. The first-order valence-electron chi connectivity index (χ1n) is 21.9. The van der Waals surface area contributed by atoms with Crippen LogP contribution in [0.1, 0.15) is 88.0 Å². The Hall–Kier alpha value is -6.27. The first kappa shape index (κ1) is 47.2. The zero-order valence-electron chi connectivity index (χ0n) is 38.1. The maximum atomic E-state index is 14.7. The van der Waals surface area contributed by atoms with E-state index in [1.165, 1.54) is 22.3 Å². The Bertz CT molecular complexity index is 2320. The van der Waals surface area contributed by atoms with E-state index in [9.17, 15) is 24.0 Å². The number of fused-ring (bicyclic) bond motifs is 3. The number of methoxy groups -OCH3 is 2. The van der Waals surface area contributed by atoms with E-state index < -0.39 is 40.7 Å². The molecule has 0 aromatic heterocycles. The summed E-state index contributed by atoms with van der Waals surface area (Å²) in [6.45, 7) is 13.7. The van der Waals surface area contributed by atoms with E-state index in [0.29, 0.717) is 49.7 Å². The van der Waals surface area contributed by atoms with Crippen molar-refractivity contribution in [1.82, 2.24) is 9.80 Å². The fraction of sp³-hybridized carbons (Fsp3) is 0.404. The molecule has 4 aromatic carbocycles. The number of Topliss-reactive ketones (excluding diaryl/α,β-unsaturated/α-hetero) is 1. The number of nitrogens with zero attached hydrogens (tertiary/aromatic N) is 2. The van der Waals surface area contributed by atoms with Crippen molar-refractivity contribution in [2.75, 3.05) is 52.3 Å². The van der Waals surface area contributed by atoms with Crippen molar-refractivity contribution in [3.05, 3.63) is 126 Å². The van der Waals surface area contributed by atoms with Gasteiger partial charge in [-0.2, -0.15) is 0 Å². The molecule has 2 atom stereocenters. The molecular weight excluding hydrogens is 811 g/mol. The second-order valence-electron chi connectivity index (χ2n) is 18.2. The van der Waals surface area contributed by atoms with Gasteiger partial charge in [0.1, 0.15) is 12.2 Å². The van der Waals surface area contributed by atoms with Gasteiger partial charge in [-0.25, -0.2) is 4.79 Å². The molecule has 1 aliphatic carbocycles. The number of hydrogen-bond donors (Lipinski definition) is 1. The average Bonchev–Trinajstić information content (AvgIpc) is 3.59. The standard InChI is InChI=1S/C52H61N3O9/c1-9-47(57)63-33-52(5,6)49(59)50(60)55-28-27-54(31-42-40-19-12-10-17-38(40)39-18-11-13-20-41(39)42)32-43(55)37(23-21-34-22-24-44(61-7)45(29-34)62-8)35-15-14-16-36(30-35)53-46(56)25-26-48(58)64-51(2,3)4/h9-20,22,24,29-30,37,42-43H,1,21,23,25-28,31-33H2,2-8H3,(H,53,56)/t37-,43-/m1/s1. The molecule has 0 unspecified atom stereocenters. The zero-order valence-corrected chi connectivity index (χ0v) is 38.1. The molecule has 338 valence electrons. The van der Waals surface area contributed by atoms with Crippen LogP contribution in [0.5, 0.6) is 11.5 Å². The molecule has 1 N–H and O–H groups in total. The molecule has 4 aromatic rings. The third-order valence-corrected chi connectivity index (χ3v) is 11.9. The van der Waals surface area contributed by atoms with Crippen molar-refractivity contribution in [3.63, 3.8) is 0 Å². The highest BCUT2D eigenvalue weighted by atomic mass is 16.6. The van der Waals surface area contributed by atoms with Gasteiger partial charge in [-0.05, 0) is 105 Å². The van der Waals surface area contributed by atoms with E-state index in [4.69, 9.17) is 18.9 Å². The minimum atomic E-state index is -1.31. The Morgan fingerprint density at radius 2 is 1.48 bits per heavy atom. The minimum absolute atomic E-state index is 0.0603. The monoisotopic (exact) mass is 871 g/mol. The van der Waals surface area contributed by atoms with Gasteiger partial charge in [-0.1, -0.05) is 73.3 Å². The number of aryl methyl sites for hydroxylation is 1. The summed E-state index contributed by atoms with van der Waals surface area (Å²) >= 11 is 0. The van der Waals surface area contributed by atoms with Crippen LogP contribution in [0, 0.1) is 5.41 Å². The van der Waals surface area contributed by atoms with Gasteiger partial charge < -0.3 is 29.2 Å². The lowest BCUT2D eigenvalue weighted by atomic mass is 9.82. The van der Waals surface area contributed by atoms with Crippen LogP contribution >= 0.6 is 0 Å². The number of carbonyl (C=O) groups is 5. The number of anilines is 1. The van der Waals surface area contributed by atoms with E-state index in [2.05, 4.69) is 65.3 Å². The Morgan fingerprint density at radius 1 is 0.812 bits per heavy atom. The van der Waals surface area contributed by atoms with Crippen LogP contribution in [0.25, 0.3) is 11.1 Å². The van der Waals surface area contributed by atoms with Crippen LogP contribution in [0.3, 0.4) is 0 Å². The SMILES string of the molecule is C=CC(=O)OCC(C)(C)C(=O)C(=O)N1CCN(CC2c3ccccc3-c3ccccc32)C[C@@H]1[C@H](CCc1ccc(OC)c(OC)c1)c1cccc(NC(=O)CCC(=O)OC(C)(C)C)c1. The normalized spacial score (nSPS) is 15.6. The van der Waals surface area contributed by atoms with Gasteiger partial charge in [0.25, 0.3) is 5.91 Å². The number of rotatable bonds is 18. The van der Waals surface area contributed by atoms with Crippen LogP contribution in [0.4, 0.5) is 5.69 Å². The van der Waals surface area contributed by atoms with E-state index in [1.54, 1.807) is 59.8 Å². The molecule has 64 heavy (non-hydrogen) atoms. The fourth-order valence-corrected chi connectivity index (χ4v) is 8.76. The lowest BCUT2D eigenvalue weighted by molar-refractivity contribution is -0.156. The quantitative estimate of drug-likeness (QED) is 0.0592. The van der Waals surface area contributed by atoms with Gasteiger partial charge in [0.05, 0.1) is 32.1 Å². The first-order valence-corrected chi connectivity index (χ1v) is 21.9. The molecule has 1 aliphatic heterocycles. The minimum Gasteiger partial charge on any atom is -0.493 e. The van der Waals surface area contributed by atoms with Gasteiger partial charge in [0.15, 0.2) is 11.5 Å². The van der Waals surface area contributed by atoms with E-state index in [0.717, 1.165) is 17.2 Å². The third kappa shape index (κ3) is 11.5. The molecule has 2 amide bonds. The van der Waals surface area contributed by atoms with Crippen LogP contribution in [0.15, 0.2) is 104 Å². The zero-order chi connectivity index (χ0) is 46.2. The van der Waals surface area contributed by atoms with Crippen molar-refractivity contribution in [2.24, 2.45) is 5.41 Å². The molecule has 6 rings (SSSR count). The number of ketones is 1. The lowest BCUT2D eigenvalue weighted by Gasteiger charge is -2.46. The predicted octanol–water partition coefficient (Wildman–Crippen LogP) is 8.13. The number of piperazine rings is 1. The number of benzene rings is 4. The maximum Gasteiger partial charge on any atom is 0.330 e. The summed E-state index contributed by atoms with van der Waals surface area (Å²) in [5.74, 6) is -1.83. The van der Waals surface area contributed by atoms with Crippen molar-refractivity contribution >= 4 is 35.2 Å². The smallest absolute Gasteiger partial charge is 0.330 e. The molecule has 0 radical (unpaired) electrons. The average molecular weight is 872 g/mol. The number of nitrogens with one attached hydrogen (secondary N) is 1. The summed E-state index contributed by atoms with van der Waals surface area (Å²) in [6, 6.07) is 29.9. The summed E-state index contributed by atoms with van der Waals surface area (Å²) in [6.07, 6.45) is 2.03. The Morgan fingerprint density at radius 3 is 2.12 bits per heavy atom. The highest BCUT2D eigenvalue weighted by Crippen LogP contribution is 2.45. The summed E-state index contributed by atoms with van der Waals surface area (Å²) in [4.78, 5) is 70.8. The lowest BCUT2D eigenvalue weighted by Crippen LogP contribution is -2.60. The Labute approximate surface area is 376 Å². The molecule has 12 nitrogen and oxygen atoms in total. The number of esters is 2. The van der Waals surface area contributed by atoms with Crippen LogP contribution in [-0.2, 0) is 39.9 Å². The molecule has 0 saturated carbocycles. The van der Waals surface area contributed by atoms with Gasteiger partial charge in [-0.3, -0.25) is 24.1 Å². The van der Waals surface area contributed by atoms with Crippen LogP contribution < -0.4 is 14.8 Å². The third-order valence-electron chi connectivity index (χ3n) is 11.9. The number of hydrogen-bond acceptors (Lipinski definition) is 10. The van der Waals surface area contributed by atoms with Gasteiger partial charge in [0.2, 0.25) is 11.7 Å². The van der Waals surface area contributed by atoms with E-state index in [-0.39, 0.29) is 43.7 Å². The van der Waals surface area contributed by atoms with Gasteiger partial charge >= 0.3 is 11.9 Å². The second-order valence-corrected chi connectivity index (χ2v) is 18.2. The molecule has 1 saturated heterocycles. The molecule has 1 heterocycles. The highest BCUT2D eigenvalue weighted by Gasteiger charge is 2.44. The topological polar surface area (TPSA) is 141 Å². The summed E-state index contributed by atoms with van der Waals surface area (Å²) in [5, 5.41) is 2.97. The van der Waals surface area contributed by atoms with Crippen LogP contribution in [-0.4, -0.2) is 98.0 Å². The maximum absolute atomic E-state index is 14.7. The number of ether oxygens (including phenoxy) is 4. The molecule has 12 heteroatoms. The van der Waals surface area contributed by atoms with Crippen molar-refractivity contribution in [3.8, 4) is 22.6 Å².